The molecular formula is C27H25BrN4O6. The minimum atomic E-state index is -1.07. The van der Waals surface area contributed by atoms with Crippen LogP contribution >= 0.6 is 15.9 Å². The zero-order chi connectivity index (χ0) is 27.1. The summed E-state index contributed by atoms with van der Waals surface area (Å²) in [7, 11) is 0. The summed E-state index contributed by atoms with van der Waals surface area (Å²) in [6.07, 6.45) is 1.38. The van der Waals surface area contributed by atoms with E-state index in [0.717, 1.165) is 15.2 Å². The molecule has 11 heteroatoms. The second-order valence-corrected chi connectivity index (χ2v) is 9.27. The van der Waals surface area contributed by atoms with Gasteiger partial charge in [-0.15, -0.1) is 5.10 Å². The number of halogens is 1. The van der Waals surface area contributed by atoms with Crippen molar-refractivity contribution in [1.82, 2.24) is 20.3 Å². The lowest BCUT2D eigenvalue weighted by atomic mass is 10.1. The van der Waals surface area contributed by atoms with Crippen molar-refractivity contribution in [3.05, 3.63) is 82.6 Å². The standard InChI is InChI=1S/C27H25BrN4O6/c1-2-37-27(36)24(11-12-25(33)34)29-26(35)17-4-8-22(9-5-17)32-15-21(30-31-32)16-38-23-10-6-18-13-20(28)7-3-19(18)14-23/h3-10,13-15,24H,2,11-12,16H2,1H3,(H,29,35)(H,33,34)/t24-/m0/s1. The summed E-state index contributed by atoms with van der Waals surface area (Å²) < 4.78 is 13.4. The number of nitrogens with one attached hydrogen (secondary N) is 1. The zero-order valence-corrected chi connectivity index (χ0v) is 22.1. The van der Waals surface area contributed by atoms with E-state index in [2.05, 4.69) is 31.6 Å². The van der Waals surface area contributed by atoms with Crippen LogP contribution in [0, 0.1) is 0 Å². The Balaban J connectivity index is 1.37. The zero-order valence-electron chi connectivity index (χ0n) is 20.5. The SMILES string of the molecule is CCOC(=O)[C@H](CCC(=O)O)NC(=O)c1ccc(-n2cc(COc3ccc4cc(Br)ccc4c3)nn2)cc1. The van der Waals surface area contributed by atoms with Crippen LogP contribution in [0.3, 0.4) is 0 Å². The van der Waals surface area contributed by atoms with E-state index < -0.39 is 23.9 Å². The number of carboxylic acids is 1. The molecule has 196 valence electrons. The van der Waals surface area contributed by atoms with E-state index in [1.165, 1.54) is 0 Å². The van der Waals surface area contributed by atoms with E-state index in [1.54, 1.807) is 42.1 Å². The molecule has 1 atom stereocenters. The molecule has 4 aromatic rings. The lowest BCUT2D eigenvalue weighted by Crippen LogP contribution is -2.42. The molecule has 0 unspecified atom stereocenters. The number of carbonyl (C=O) groups excluding carboxylic acids is 2. The number of rotatable bonds is 11. The van der Waals surface area contributed by atoms with Crippen LogP contribution < -0.4 is 10.1 Å². The van der Waals surface area contributed by atoms with E-state index in [1.807, 2.05) is 36.4 Å². The van der Waals surface area contributed by atoms with Gasteiger partial charge in [-0.25, -0.2) is 9.48 Å². The van der Waals surface area contributed by atoms with Crippen molar-refractivity contribution in [1.29, 1.82) is 0 Å². The van der Waals surface area contributed by atoms with Crippen molar-refractivity contribution < 1.29 is 29.0 Å². The lowest BCUT2D eigenvalue weighted by Gasteiger charge is -2.16. The van der Waals surface area contributed by atoms with Gasteiger partial charge in [0.1, 0.15) is 24.1 Å². The van der Waals surface area contributed by atoms with Gasteiger partial charge in [-0.1, -0.05) is 33.3 Å². The number of hydrogen-bond acceptors (Lipinski definition) is 7. The van der Waals surface area contributed by atoms with Gasteiger partial charge in [-0.3, -0.25) is 9.59 Å². The number of benzene rings is 3. The molecule has 0 aliphatic rings. The number of nitrogens with zero attached hydrogens (tertiary/aromatic N) is 3. The van der Waals surface area contributed by atoms with Crippen LogP contribution in [0.1, 0.15) is 35.8 Å². The van der Waals surface area contributed by atoms with Crippen LogP contribution in [0.25, 0.3) is 16.5 Å². The van der Waals surface area contributed by atoms with Crippen molar-refractivity contribution >= 4 is 44.5 Å². The summed E-state index contributed by atoms with van der Waals surface area (Å²) in [6.45, 7) is 1.99. The number of amides is 1. The Labute approximate surface area is 226 Å². The number of aromatic nitrogens is 3. The summed E-state index contributed by atoms with van der Waals surface area (Å²) in [5, 5.41) is 21.9. The molecule has 0 aliphatic heterocycles. The molecule has 0 radical (unpaired) electrons. The highest BCUT2D eigenvalue weighted by Crippen LogP contribution is 2.24. The van der Waals surface area contributed by atoms with Crippen LogP contribution in [0.2, 0.25) is 0 Å². The number of carbonyl (C=O) groups is 3. The van der Waals surface area contributed by atoms with Gasteiger partial charge in [-0.2, -0.15) is 0 Å². The number of fused-ring (bicyclic) bond motifs is 1. The van der Waals surface area contributed by atoms with Gasteiger partial charge in [0, 0.05) is 16.5 Å². The Hall–Kier alpha value is -4.25. The van der Waals surface area contributed by atoms with Crippen LogP contribution in [0.15, 0.2) is 71.3 Å². The average Bonchev–Trinajstić information content (AvgIpc) is 3.39. The van der Waals surface area contributed by atoms with Gasteiger partial charge >= 0.3 is 11.9 Å². The van der Waals surface area contributed by atoms with Gasteiger partial charge in [-0.05, 0) is 72.6 Å². The first-order chi connectivity index (χ1) is 18.3. The fraction of sp³-hybridized carbons (Fsp3) is 0.222. The minimum absolute atomic E-state index is 0.0707. The lowest BCUT2D eigenvalue weighted by molar-refractivity contribution is -0.146. The highest BCUT2D eigenvalue weighted by molar-refractivity contribution is 9.10. The summed E-state index contributed by atoms with van der Waals surface area (Å²) in [6, 6.07) is 17.4. The molecule has 38 heavy (non-hydrogen) atoms. The monoisotopic (exact) mass is 580 g/mol. The summed E-state index contributed by atoms with van der Waals surface area (Å²) in [5.74, 6) is -1.54. The minimum Gasteiger partial charge on any atom is -0.487 e. The summed E-state index contributed by atoms with van der Waals surface area (Å²) in [5.41, 5.74) is 1.59. The maximum Gasteiger partial charge on any atom is 0.328 e. The van der Waals surface area contributed by atoms with Crippen molar-refractivity contribution in [2.45, 2.75) is 32.4 Å². The molecule has 4 rings (SSSR count). The number of aliphatic carboxylic acids is 1. The van der Waals surface area contributed by atoms with Gasteiger partial charge in [0.15, 0.2) is 0 Å². The van der Waals surface area contributed by atoms with Gasteiger partial charge in [0.25, 0.3) is 5.91 Å². The van der Waals surface area contributed by atoms with Crippen LogP contribution in [-0.4, -0.2) is 50.6 Å². The van der Waals surface area contributed by atoms with Crippen molar-refractivity contribution in [2.75, 3.05) is 6.61 Å². The second-order valence-electron chi connectivity index (χ2n) is 8.35. The molecule has 0 aliphatic carbocycles. The number of ether oxygens (including phenoxy) is 2. The predicted molar refractivity (Wildman–Crippen MR) is 142 cm³/mol. The Morgan fingerprint density at radius 2 is 1.79 bits per heavy atom. The largest absolute Gasteiger partial charge is 0.487 e. The average molecular weight is 581 g/mol. The molecule has 0 saturated heterocycles. The molecule has 0 spiro atoms. The van der Waals surface area contributed by atoms with E-state index >= 15 is 0 Å². The fourth-order valence-electron chi connectivity index (χ4n) is 3.70. The highest BCUT2D eigenvalue weighted by Gasteiger charge is 2.23. The quantitative estimate of drug-likeness (QED) is 0.251. The first-order valence-electron chi connectivity index (χ1n) is 11.9. The molecule has 0 fully saturated rings. The Bertz CT molecular complexity index is 1450. The summed E-state index contributed by atoms with van der Waals surface area (Å²) in [4.78, 5) is 35.7. The van der Waals surface area contributed by atoms with E-state index in [4.69, 9.17) is 14.6 Å². The molecule has 3 aromatic carbocycles. The van der Waals surface area contributed by atoms with E-state index in [9.17, 15) is 14.4 Å². The van der Waals surface area contributed by atoms with E-state index in [0.29, 0.717) is 22.7 Å². The topological polar surface area (TPSA) is 133 Å². The van der Waals surface area contributed by atoms with Crippen molar-refractivity contribution in [3.8, 4) is 11.4 Å². The molecule has 0 saturated carbocycles. The van der Waals surface area contributed by atoms with Crippen LogP contribution in [0.4, 0.5) is 0 Å². The third-order valence-corrected chi connectivity index (χ3v) is 6.11. The highest BCUT2D eigenvalue weighted by atomic mass is 79.9. The Kier molecular flexibility index (Phi) is 8.70. The van der Waals surface area contributed by atoms with E-state index in [-0.39, 0.29) is 26.1 Å². The third kappa shape index (κ3) is 6.94. The summed E-state index contributed by atoms with van der Waals surface area (Å²) >= 11 is 3.47. The van der Waals surface area contributed by atoms with Crippen molar-refractivity contribution in [2.24, 2.45) is 0 Å². The molecule has 2 N–H and O–H groups in total. The second kappa shape index (κ2) is 12.3. The molecule has 10 nitrogen and oxygen atoms in total. The van der Waals surface area contributed by atoms with Gasteiger partial charge < -0.3 is 19.9 Å². The maximum absolute atomic E-state index is 12.7. The third-order valence-electron chi connectivity index (χ3n) is 5.62. The van der Waals surface area contributed by atoms with Gasteiger partial charge in [0.05, 0.1) is 18.5 Å². The smallest absolute Gasteiger partial charge is 0.328 e. The molecule has 1 aromatic heterocycles. The molecule has 1 heterocycles. The predicted octanol–water partition coefficient (Wildman–Crippen LogP) is 4.29. The first-order valence-corrected chi connectivity index (χ1v) is 12.6. The molecule has 1 amide bonds. The van der Waals surface area contributed by atoms with Crippen LogP contribution in [-0.2, 0) is 20.9 Å². The van der Waals surface area contributed by atoms with Crippen LogP contribution in [0.5, 0.6) is 5.75 Å². The molecular weight excluding hydrogens is 556 g/mol. The molecule has 0 bridgehead atoms. The Morgan fingerprint density at radius 1 is 1.05 bits per heavy atom. The fourth-order valence-corrected chi connectivity index (χ4v) is 4.08. The Morgan fingerprint density at radius 3 is 2.53 bits per heavy atom. The number of carboxylic acid groups (broad SMARTS) is 1. The van der Waals surface area contributed by atoms with Crippen molar-refractivity contribution in [3.63, 3.8) is 0 Å². The number of esters is 1. The first kappa shape index (κ1) is 26.8. The normalized spacial score (nSPS) is 11.6. The van der Waals surface area contributed by atoms with Gasteiger partial charge in [0.2, 0.25) is 0 Å². The number of hydrogen-bond donors (Lipinski definition) is 2. The maximum atomic E-state index is 12.7.